The molecule has 1 saturated carbocycles. The normalized spacial score (nSPS) is 18.6. The molecular weight excluding hydrogens is 196 g/mol. The van der Waals surface area contributed by atoms with Crippen LogP contribution in [0.25, 0.3) is 0 Å². The molecule has 1 rings (SSSR count). The predicted octanol–water partition coefficient (Wildman–Crippen LogP) is 2.78. The van der Waals surface area contributed by atoms with Gasteiger partial charge >= 0.3 is 0 Å². The maximum absolute atomic E-state index is 5.62. The maximum Gasteiger partial charge on any atom is 0.000540 e. The molecule has 0 aromatic rings. The van der Waals surface area contributed by atoms with Crippen LogP contribution in [0.15, 0.2) is 0 Å². The maximum atomic E-state index is 5.62. The van der Waals surface area contributed by atoms with Gasteiger partial charge in [-0.1, -0.05) is 34.1 Å². The minimum Gasteiger partial charge on any atom is -0.330 e. The van der Waals surface area contributed by atoms with Gasteiger partial charge in [-0.15, -0.1) is 0 Å². The van der Waals surface area contributed by atoms with Crippen molar-refractivity contribution in [3.05, 3.63) is 0 Å². The number of rotatable bonds is 7. The highest BCUT2D eigenvalue weighted by Gasteiger charge is 2.33. The summed E-state index contributed by atoms with van der Waals surface area (Å²) >= 11 is 0. The van der Waals surface area contributed by atoms with Gasteiger partial charge in [0.25, 0.3) is 0 Å². The molecule has 16 heavy (non-hydrogen) atoms. The Morgan fingerprint density at radius 3 is 2.19 bits per heavy atom. The minimum atomic E-state index is 0.338. The first-order chi connectivity index (χ1) is 7.37. The monoisotopic (exact) mass is 226 g/mol. The van der Waals surface area contributed by atoms with Gasteiger partial charge in [0.05, 0.1) is 0 Å². The third-order valence-corrected chi connectivity index (χ3v) is 4.22. The summed E-state index contributed by atoms with van der Waals surface area (Å²) in [4.78, 5) is 0. The van der Waals surface area contributed by atoms with Gasteiger partial charge in [-0.2, -0.15) is 0 Å². The van der Waals surface area contributed by atoms with Crippen molar-refractivity contribution in [1.82, 2.24) is 5.32 Å². The van der Waals surface area contributed by atoms with E-state index in [0.717, 1.165) is 32.0 Å². The van der Waals surface area contributed by atoms with Gasteiger partial charge in [0.2, 0.25) is 0 Å². The third kappa shape index (κ3) is 4.06. The van der Waals surface area contributed by atoms with Crippen LogP contribution in [-0.2, 0) is 0 Å². The average Bonchev–Trinajstić information content (AvgIpc) is 1.97. The van der Waals surface area contributed by atoms with Crippen molar-refractivity contribution < 1.29 is 0 Å². The molecule has 0 radical (unpaired) electrons. The van der Waals surface area contributed by atoms with E-state index >= 15 is 0 Å². The molecule has 1 aliphatic carbocycles. The lowest BCUT2D eigenvalue weighted by Gasteiger charge is -2.41. The molecule has 0 spiro atoms. The zero-order valence-electron chi connectivity index (χ0n) is 11.6. The van der Waals surface area contributed by atoms with Crippen LogP contribution in [0.1, 0.15) is 53.4 Å². The van der Waals surface area contributed by atoms with E-state index in [2.05, 4.69) is 33.0 Å². The van der Waals surface area contributed by atoms with E-state index in [-0.39, 0.29) is 0 Å². The molecule has 0 aromatic carbocycles. The second kappa shape index (κ2) is 5.50. The highest BCUT2D eigenvalue weighted by atomic mass is 14.9. The average molecular weight is 226 g/mol. The molecule has 96 valence electrons. The molecule has 0 saturated heterocycles. The van der Waals surface area contributed by atoms with E-state index < -0.39 is 0 Å². The molecule has 0 aliphatic heterocycles. The van der Waals surface area contributed by atoms with Crippen molar-refractivity contribution in [3.8, 4) is 0 Å². The van der Waals surface area contributed by atoms with Crippen LogP contribution in [0.5, 0.6) is 0 Å². The smallest absolute Gasteiger partial charge is 0.000540 e. The molecule has 0 heterocycles. The number of hydrogen-bond acceptors (Lipinski definition) is 2. The fraction of sp³-hybridized carbons (Fsp3) is 1.00. The Kier molecular flexibility index (Phi) is 4.81. The van der Waals surface area contributed by atoms with Gasteiger partial charge in [-0.05, 0) is 42.6 Å². The Hall–Kier alpha value is -0.0800. The van der Waals surface area contributed by atoms with Crippen LogP contribution in [0.2, 0.25) is 0 Å². The second-order valence-electron chi connectivity index (χ2n) is 6.92. The third-order valence-electron chi connectivity index (χ3n) is 4.22. The molecule has 1 fully saturated rings. The van der Waals surface area contributed by atoms with Gasteiger partial charge in [-0.25, -0.2) is 0 Å². The van der Waals surface area contributed by atoms with Crippen LogP contribution in [0, 0.1) is 16.7 Å². The molecule has 0 bridgehead atoms. The summed E-state index contributed by atoms with van der Waals surface area (Å²) in [5.74, 6) is 0.942. The van der Waals surface area contributed by atoms with Gasteiger partial charge < -0.3 is 11.1 Å². The number of hydrogen-bond donors (Lipinski definition) is 2. The molecule has 0 amide bonds. The van der Waals surface area contributed by atoms with Gasteiger partial charge in [0.15, 0.2) is 0 Å². The summed E-state index contributed by atoms with van der Waals surface area (Å²) in [7, 11) is 0. The first-order valence-corrected chi connectivity index (χ1v) is 6.78. The van der Waals surface area contributed by atoms with Crippen LogP contribution >= 0.6 is 0 Å². The summed E-state index contributed by atoms with van der Waals surface area (Å²) in [6.07, 6.45) is 5.40. The lowest BCUT2D eigenvalue weighted by atomic mass is 9.67. The molecule has 1 aliphatic rings. The highest BCUT2D eigenvalue weighted by molar-refractivity contribution is 4.86. The van der Waals surface area contributed by atoms with Crippen LogP contribution in [-0.4, -0.2) is 19.6 Å². The van der Waals surface area contributed by atoms with Crippen LogP contribution in [0.4, 0.5) is 0 Å². The van der Waals surface area contributed by atoms with Crippen molar-refractivity contribution in [2.45, 2.75) is 53.4 Å². The standard InChI is InChI=1S/C14H30N2/c1-13(2,8-9-15)10-16-11-14(3,4)12-6-5-7-12/h12,16H,5-11,15H2,1-4H3. The Morgan fingerprint density at radius 2 is 1.75 bits per heavy atom. The first kappa shape index (κ1) is 14.0. The van der Waals surface area contributed by atoms with Crippen LogP contribution < -0.4 is 11.1 Å². The molecule has 0 atom stereocenters. The molecule has 0 unspecified atom stereocenters. The fourth-order valence-corrected chi connectivity index (χ4v) is 2.54. The highest BCUT2D eigenvalue weighted by Crippen LogP contribution is 2.41. The lowest BCUT2D eigenvalue weighted by molar-refractivity contribution is 0.114. The Labute approximate surface area is 101 Å². The van der Waals surface area contributed by atoms with E-state index in [9.17, 15) is 0 Å². The van der Waals surface area contributed by atoms with E-state index in [1.165, 1.54) is 19.3 Å². The fourth-order valence-electron chi connectivity index (χ4n) is 2.54. The molecule has 2 heteroatoms. The zero-order chi connectivity index (χ0) is 12.2. The molecule has 0 aromatic heterocycles. The minimum absolute atomic E-state index is 0.338. The van der Waals surface area contributed by atoms with E-state index in [1.807, 2.05) is 0 Å². The summed E-state index contributed by atoms with van der Waals surface area (Å²) in [5.41, 5.74) is 6.43. The Balaban J connectivity index is 2.23. The van der Waals surface area contributed by atoms with E-state index in [4.69, 9.17) is 5.73 Å². The first-order valence-electron chi connectivity index (χ1n) is 6.78. The zero-order valence-corrected chi connectivity index (χ0v) is 11.6. The van der Waals surface area contributed by atoms with Crippen molar-refractivity contribution in [3.63, 3.8) is 0 Å². The lowest BCUT2D eigenvalue weighted by Crippen LogP contribution is -2.42. The summed E-state index contributed by atoms with van der Waals surface area (Å²) in [5, 5.41) is 3.64. The number of nitrogens with one attached hydrogen (secondary N) is 1. The Morgan fingerprint density at radius 1 is 1.12 bits per heavy atom. The molecular formula is C14H30N2. The largest absolute Gasteiger partial charge is 0.330 e. The Bertz CT molecular complexity index is 205. The van der Waals surface area contributed by atoms with Gasteiger partial charge in [0, 0.05) is 13.1 Å². The van der Waals surface area contributed by atoms with Crippen LogP contribution in [0.3, 0.4) is 0 Å². The summed E-state index contributed by atoms with van der Waals surface area (Å²) in [6.45, 7) is 12.4. The van der Waals surface area contributed by atoms with Gasteiger partial charge in [0.1, 0.15) is 0 Å². The summed E-state index contributed by atoms with van der Waals surface area (Å²) in [6, 6.07) is 0. The quantitative estimate of drug-likeness (QED) is 0.700. The van der Waals surface area contributed by atoms with E-state index in [0.29, 0.717) is 10.8 Å². The van der Waals surface area contributed by atoms with Crippen molar-refractivity contribution in [1.29, 1.82) is 0 Å². The van der Waals surface area contributed by atoms with Crippen molar-refractivity contribution >= 4 is 0 Å². The predicted molar refractivity (Wildman–Crippen MR) is 71.4 cm³/mol. The SMILES string of the molecule is CC(C)(CCN)CNCC(C)(C)C1CCC1. The van der Waals surface area contributed by atoms with Crippen molar-refractivity contribution in [2.75, 3.05) is 19.6 Å². The number of nitrogens with two attached hydrogens (primary N) is 1. The topological polar surface area (TPSA) is 38.0 Å². The van der Waals surface area contributed by atoms with Gasteiger partial charge in [-0.3, -0.25) is 0 Å². The summed E-state index contributed by atoms with van der Waals surface area (Å²) < 4.78 is 0. The molecule has 2 nitrogen and oxygen atoms in total. The van der Waals surface area contributed by atoms with E-state index in [1.54, 1.807) is 0 Å². The van der Waals surface area contributed by atoms with Crippen molar-refractivity contribution in [2.24, 2.45) is 22.5 Å². The second-order valence-corrected chi connectivity index (χ2v) is 6.92. The molecule has 3 N–H and O–H groups in total.